The summed E-state index contributed by atoms with van der Waals surface area (Å²) in [4.78, 5) is 23.2. The van der Waals surface area contributed by atoms with Crippen molar-refractivity contribution in [2.75, 3.05) is 30.8 Å². The van der Waals surface area contributed by atoms with Crippen molar-refractivity contribution in [2.45, 2.75) is 43.8 Å². The van der Waals surface area contributed by atoms with Gasteiger partial charge in [-0.15, -0.1) is 0 Å². The monoisotopic (exact) mass is 496 g/mol. The van der Waals surface area contributed by atoms with Gasteiger partial charge in [-0.1, -0.05) is 12.1 Å². The molecule has 0 bridgehead atoms. The van der Waals surface area contributed by atoms with Crippen molar-refractivity contribution in [1.82, 2.24) is 24.9 Å². The van der Waals surface area contributed by atoms with Crippen LogP contribution in [0.15, 0.2) is 29.6 Å². The smallest absolute Gasteiger partial charge is 0.252 e. The Bertz CT molecular complexity index is 1380. The lowest BCUT2D eigenvalue weighted by Crippen LogP contribution is -2.33. The van der Waals surface area contributed by atoms with Crippen LogP contribution in [0.1, 0.15) is 41.6 Å². The highest BCUT2D eigenvalue weighted by Crippen LogP contribution is 2.29. The minimum Gasteiger partial charge on any atom is -0.391 e. The highest BCUT2D eigenvalue weighted by molar-refractivity contribution is 7.90. The molecule has 35 heavy (non-hydrogen) atoms. The number of nitrogens with one attached hydrogen (secondary N) is 1. The molecule has 3 heterocycles. The number of benzene rings is 1. The fourth-order valence-corrected chi connectivity index (χ4v) is 4.94. The molecule has 1 aliphatic heterocycles. The van der Waals surface area contributed by atoms with E-state index in [9.17, 15) is 13.2 Å². The first kappa shape index (κ1) is 23.7. The van der Waals surface area contributed by atoms with Gasteiger partial charge >= 0.3 is 0 Å². The van der Waals surface area contributed by atoms with Gasteiger partial charge in [-0.3, -0.25) is 4.79 Å². The van der Waals surface area contributed by atoms with Crippen molar-refractivity contribution in [2.24, 2.45) is 5.92 Å². The van der Waals surface area contributed by atoms with Crippen LogP contribution < -0.4 is 10.1 Å². The zero-order chi connectivity index (χ0) is 24.7. The number of nitrogens with zero attached hydrogens (tertiary/aromatic N) is 5. The Morgan fingerprint density at radius 2 is 1.97 bits per heavy atom. The Morgan fingerprint density at radius 3 is 2.63 bits per heavy atom. The molecule has 1 saturated carbocycles. The van der Waals surface area contributed by atoms with Crippen molar-refractivity contribution in [1.29, 1.82) is 0 Å². The lowest BCUT2D eigenvalue weighted by molar-refractivity contribution is 0.0690. The van der Waals surface area contributed by atoms with Gasteiger partial charge in [0.15, 0.2) is 5.65 Å². The number of hydrogen-bond acceptors (Lipinski definition) is 8. The molecule has 184 valence electrons. The maximum atomic E-state index is 12.5. The molecule has 0 spiro atoms. The van der Waals surface area contributed by atoms with Crippen molar-refractivity contribution in [3.05, 3.63) is 35.5 Å². The maximum Gasteiger partial charge on any atom is 0.252 e. The average Bonchev–Trinajstić information content (AvgIpc) is 3.53. The largest absolute Gasteiger partial charge is 0.391 e. The second-order valence-corrected chi connectivity index (χ2v) is 11.5. The molecule has 1 saturated heterocycles. The van der Waals surface area contributed by atoms with E-state index in [0.717, 1.165) is 56.3 Å². The third kappa shape index (κ3) is 5.03. The van der Waals surface area contributed by atoms with E-state index in [1.165, 1.54) is 0 Å². The van der Waals surface area contributed by atoms with E-state index in [1.54, 1.807) is 16.8 Å². The van der Waals surface area contributed by atoms with Gasteiger partial charge in [0.05, 0.1) is 6.20 Å². The Hall–Kier alpha value is -2.99. The van der Waals surface area contributed by atoms with E-state index < -0.39 is 9.84 Å². The number of rotatable bonds is 7. The highest BCUT2D eigenvalue weighted by atomic mass is 32.2. The van der Waals surface area contributed by atoms with Crippen molar-refractivity contribution in [3.8, 4) is 11.1 Å². The molecule has 10 nitrogen and oxygen atoms in total. The van der Waals surface area contributed by atoms with Crippen LogP contribution in [-0.2, 0) is 14.6 Å². The van der Waals surface area contributed by atoms with Gasteiger partial charge in [-0.05, 0) is 55.7 Å². The summed E-state index contributed by atoms with van der Waals surface area (Å²) in [6.07, 6.45) is 6.72. The van der Waals surface area contributed by atoms with Gasteiger partial charge in [-0.25, -0.2) is 8.42 Å². The first-order valence-electron chi connectivity index (χ1n) is 11.9. The third-order valence-corrected chi connectivity index (χ3v) is 7.42. The predicted molar refractivity (Wildman–Crippen MR) is 134 cm³/mol. The number of sulfone groups is 1. The molecule has 0 radical (unpaired) electrons. The third-order valence-electron chi connectivity index (χ3n) is 6.57. The van der Waals surface area contributed by atoms with Crippen LogP contribution in [0.25, 0.3) is 16.8 Å². The van der Waals surface area contributed by atoms with E-state index >= 15 is 0 Å². The van der Waals surface area contributed by atoms with Gasteiger partial charge in [0.2, 0.25) is 23.8 Å². The van der Waals surface area contributed by atoms with E-state index in [-0.39, 0.29) is 17.1 Å². The molecule has 1 aliphatic carbocycles. The topological polar surface area (TPSA) is 119 Å². The summed E-state index contributed by atoms with van der Waals surface area (Å²) in [5, 5.41) is 7.30. The van der Waals surface area contributed by atoms with Crippen LogP contribution in [0, 0.1) is 12.8 Å². The molecule has 2 aliphatic rings. The second-order valence-electron chi connectivity index (χ2n) is 9.59. The standard InChI is InChI=1S/C23H29BN6O4S/c1-14-11-16(3-6-18(14)21(31)26-17-4-5-17)19-12-25-30-20(19)27-22(35(2,32)33)28-23(30)29(24)13-15-7-9-34-10-8-15/h3,6,11-12,15,17H,4-5,7-10,13,24H2,1-2H3,(H,26,31). The summed E-state index contributed by atoms with van der Waals surface area (Å²) >= 11 is 0. The first-order valence-corrected chi connectivity index (χ1v) is 13.8. The van der Waals surface area contributed by atoms with Crippen molar-refractivity contribution in [3.63, 3.8) is 0 Å². The van der Waals surface area contributed by atoms with E-state index in [1.807, 2.05) is 31.8 Å². The molecule has 5 rings (SSSR count). The number of fused-ring (bicyclic) bond motifs is 1. The number of carbonyl (C=O) groups excluding carboxylic acids is 1. The van der Waals surface area contributed by atoms with Gasteiger partial charge in [0, 0.05) is 43.2 Å². The number of amides is 1. The molecule has 1 amide bonds. The number of ether oxygens (including phenoxy) is 1. The molecule has 0 atom stereocenters. The van der Waals surface area contributed by atoms with Crippen molar-refractivity contribution >= 4 is 35.3 Å². The van der Waals surface area contributed by atoms with Gasteiger partial charge in [0.1, 0.15) is 0 Å². The summed E-state index contributed by atoms with van der Waals surface area (Å²) in [6, 6.07) is 5.83. The fourth-order valence-electron chi connectivity index (χ4n) is 4.44. The SMILES string of the molecule is BN(CC1CCOCC1)c1nc(S(C)(=O)=O)nc2c(-c3ccc(C(=O)NC4CC4)c(C)c3)cnn12. The zero-order valence-electron chi connectivity index (χ0n) is 20.2. The minimum atomic E-state index is -3.65. The van der Waals surface area contributed by atoms with Crippen LogP contribution in [0.3, 0.4) is 0 Å². The van der Waals surface area contributed by atoms with Crippen LogP contribution >= 0.6 is 0 Å². The van der Waals surface area contributed by atoms with Crippen LogP contribution in [0.2, 0.25) is 0 Å². The minimum absolute atomic E-state index is 0.0740. The van der Waals surface area contributed by atoms with E-state index in [2.05, 4.69) is 20.4 Å². The first-order chi connectivity index (χ1) is 16.7. The summed E-state index contributed by atoms with van der Waals surface area (Å²) < 4.78 is 31.9. The van der Waals surface area contributed by atoms with Gasteiger partial charge < -0.3 is 14.9 Å². The maximum absolute atomic E-state index is 12.5. The number of anilines is 1. The van der Waals surface area contributed by atoms with Crippen LogP contribution in [-0.4, -0.2) is 73.9 Å². The lowest BCUT2D eigenvalue weighted by atomic mass is 9.98. The highest BCUT2D eigenvalue weighted by Gasteiger charge is 2.26. The van der Waals surface area contributed by atoms with Crippen LogP contribution in [0.5, 0.6) is 0 Å². The molecule has 1 N–H and O–H groups in total. The molecule has 2 aromatic heterocycles. The fraction of sp³-hybridized carbons (Fsp3) is 0.478. The summed E-state index contributed by atoms with van der Waals surface area (Å²) in [5.74, 6) is 0.771. The Balaban J connectivity index is 1.54. The lowest BCUT2D eigenvalue weighted by Gasteiger charge is -2.28. The summed E-state index contributed by atoms with van der Waals surface area (Å²) in [6.45, 7) is 4.05. The van der Waals surface area contributed by atoms with E-state index in [0.29, 0.717) is 35.2 Å². The molecular weight excluding hydrogens is 467 g/mol. The Morgan fingerprint density at radius 1 is 1.23 bits per heavy atom. The normalized spacial score (nSPS) is 17.0. The number of aryl methyl sites for hydroxylation is 1. The van der Waals surface area contributed by atoms with Crippen LogP contribution in [0.4, 0.5) is 5.95 Å². The zero-order valence-corrected chi connectivity index (χ0v) is 21.0. The molecule has 12 heteroatoms. The predicted octanol–water partition coefficient (Wildman–Crippen LogP) is 1.18. The van der Waals surface area contributed by atoms with Gasteiger partial charge in [0.25, 0.3) is 11.1 Å². The Labute approximate surface area is 205 Å². The number of aromatic nitrogens is 4. The Kier molecular flexibility index (Phi) is 6.26. The van der Waals surface area contributed by atoms with Gasteiger partial charge in [-0.2, -0.15) is 19.6 Å². The molecular formula is C23H29BN6O4S. The van der Waals surface area contributed by atoms with Crippen molar-refractivity contribution < 1.29 is 17.9 Å². The van der Waals surface area contributed by atoms with E-state index in [4.69, 9.17) is 4.74 Å². The molecule has 3 aromatic rings. The molecule has 1 aromatic carbocycles. The number of hydrogen-bond donors (Lipinski definition) is 1. The quantitative estimate of drug-likeness (QED) is 0.485. The number of carbonyl (C=O) groups is 1. The average molecular weight is 496 g/mol. The summed E-state index contributed by atoms with van der Waals surface area (Å²) in [7, 11) is -1.76. The molecule has 2 fully saturated rings. The second kappa shape index (κ2) is 9.23. The molecule has 0 unspecified atom stereocenters. The summed E-state index contributed by atoms with van der Waals surface area (Å²) in [5.41, 5.74) is 3.34.